The fourth-order valence-corrected chi connectivity index (χ4v) is 2.02. The van der Waals surface area contributed by atoms with Crippen molar-refractivity contribution in [3.63, 3.8) is 0 Å². The summed E-state index contributed by atoms with van der Waals surface area (Å²) in [5.41, 5.74) is -0.0205. The molecule has 0 saturated heterocycles. The summed E-state index contributed by atoms with van der Waals surface area (Å²) in [5.74, 6) is 0.957. The molecule has 0 spiro atoms. The minimum absolute atomic E-state index is 0.0205. The molecular weight excluding hydrogens is 174 g/mol. The number of rotatable bonds is 7. The van der Waals surface area contributed by atoms with Crippen molar-refractivity contribution in [2.24, 2.45) is 5.92 Å². The lowest BCUT2D eigenvalue weighted by atomic mass is 9.93. The monoisotopic (exact) mass is 199 g/mol. The van der Waals surface area contributed by atoms with Gasteiger partial charge in [-0.15, -0.1) is 0 Å². The Morgan fingerprint density at radius 3 is 2.43 bits per heavy atom. The highest BCUT2D eigenvalue weighted by molar-refractivity contribution is 4.90. The van der Waals surface area contributed by atoms with Gasteiger partial charge in [0.15, 0.2) is 0 Å². The molecule has 1 rings (SSSR count). The molecule has 1 aliphatic rings. The largest absolute Gasteiger partial charge is 0.374 e. The maximum Gasteiger partial charge on any atom is 0.0778 e. The maximum atomic E-state index is 5.81. The van der Waals surface area contributed by atoms with E-state index in [4.69, 9.17) is 4.74 Å². The fraction of sp³-hybridized carbons (Fsp3) is 1.00. The summed E-state index contributed by atoms with van der Waals surface area (Å²) in [5, 5.41) is 3.55. The van der Waals surface area contributed by atoms with Gasteiger partial charge in [-0.3, -0.25) is 0 Å². The van der Waals surface area contributed by atoms with Gasteiger partial charge < -0.3 is 10.1 Å². The van der Waals surface area contributed by atoms with E-state index in [0.29, 0.717) is 6.04 Å². The quantitative estimate of drug-likeness (QED) is 0.680. The Labute approximate surface area is 88.4 Å². The summed E-state index contributed by atoms with van der Waals surface area (Å²) >= 11 is 0. The summed E-state index contributed by atoms with van der Waals surface area (Å²) in [6.45, 7) is 10.5. The normalized spacial score (nSPS) is 19.7. The van der Waals surface area contributed by atoms with Gasteiger partial charge in [-0.2, -0.15) is 0 Å². The molecule has 0 heterocycles. The molecule has 14 heavy (non-hydrogen) atoms. The van der Waals surface area contributed by atoms with E-state index in [-0.39, 0.29) is 5.60 Å². The minimum Gasteiger partial charge on any atom is -0.374 e. The average Bonchev–Trinajstić information content (AvgIpc) is 2.87. The smallest absolute Gasteiger partial charge is 0.0778 e. The Hall–Kier alpha value is -0.0800. The zero-order valence-corrected chi connectivity index (χ0v) is 10.1. The lowest BCUT2D eigenvalue weighted by Gasteiger charge is -2.35. The van der Waals surface area contributed by atoms with Crippen molar-refractivity contribution in [3.05, 3.63) is 0 Å². The first-order valence-corrected chi connectivity index (χ1v) is 5.97. The van der Waals surface area contributed by atoms with Crippen LogP contribution in [0.5, 0.6) is 0 Å². The first-order chi connectivity index (χ1) is 6.60. The number of nitrogens with one attached hydrogen (secondary N) is 1. The summed E-state index contributed by atoms with van der Waals surface area (Å²) in [7, 11) is 0. The second kappa shape index (κ2) is 5.13. The van der Waals surface area contributed by atoms with Gasteiger partial charge in [0, 0.05) is 12.6 Å². The van der Waals surface area contributed by atoms with Crippen LogP contribution in [0.4, 0.5) is 0 Å². The first-order valence-electron chi connectivity index (χ1n) is 5.97. The van der Waals surface area contributed by atoms with Crippen LogP contribution in [-0.2, 0) is 4.74 Å². The lowest BCUT2D eigenvalue weighted by Crippen LogP contribution is -2.48. The number of hydrogen-bond donors (Lipinski definition) is 1. The Morgan fingerprint density at radius 2 is 2.00 bits per heavy atom. The van der Waals surface area contributed by atoms with Crippen LogP contribution in [-0.4, -0.2) is 24.8 Å². The van der Waals surface area contributed by atoms with Crippen molar-refractivity contribution >= 4 is 0 Å². The van der Waals surface area contributed by atoms with E-state index in [1.807, 2.05) is 0 Å². The fourth-order valence-electron chi connectivity index (χ4n) is 2.02. The van der Waals surface area contributed by atoms with Crippen LogP contribution < -0.4 is 5.32 Å². The van der Waals surface area contributed by atoms with Crippen molar-refractivity contribution in [3.8, 4) is 0 Å². The molecular formula is C12H25NO. The molecule has 1 atom stereocenters. The third-order valence-corrected chi connectivity index (χ3v) is 3.07. The Morgan fingerprint density at radius 1 is 1.36 bits per heavy atom. The molecule has 1 fully saturated rings. The minimum atomic E-state index is -0.0205. The molecule has 0 aromatic heterocycles. The van der Waals surface area contributed by atoms with Crippen LogP contribution in [0.15, 0.2) is 0 Å². The molecule has 1 unspecified atom stereocenters. The molecule has 0 aromatic rings. The standard InChI is InChI=1S/C12H25NO/c1-5-13-11(9-10-7-8-10)12(3,4)14-6-2/h10-11,13H,5-9H2,1-4H3. The van der Waals surface area contributed by atoms with Crippen LogP contribution in [0.2, 0.25) is 0 Å². The highest BCUT2D eigenvalue weighted by atomic mass is 16.5. The summed E-state index contributed by atoms with van der Waals surface area (Å²) in [6, 6.07) is 0.514. The van der Waals surface area contributed by atoms with Gasteiger partial charge in [0.1, 0.15) is 0 Å². The van der Waals surface area contributed by atoms with Gasteiger partial charge in [0.2, 0.25) is 0 Å². The zero-order chi connectivity index (χ0) is 10.6. The van der Waals surface area contributed by atoms with Crippen molar-refractivity contribution in [1.29, 1.82) is 0 Å². The molecule has 0 aliphatic heterocycles. The second-order valence-electron chi connectivity index (χ2n) is 4.83. The number of hydrogen-bond acceptors (Lipinski definition) is 2. The Bertz CT molecular complexity index is 164. The SMILES string of the molecule is CCNC(CC1CC1)C(C)(C)OCC. The maximum absolute atomic E-state index is 5.81. The molecule has 0 radical (unpaired) electrons. The Balaban J connectivity index is 2.44. The van der Waals surface area contributed by atoms with E-state index >= 15 is 0 Å². The van der Waals surface area contributed by atoms with Gasteiger partial charge >= 0.3 is 0 Å². The van der Waals surface area contributed by atoms with Crippen LogP contribution in [0.1, 0.15) is 47.0 Å². The van der Waals surface area contributed by atoms with Gasteiger partial charge in [-0.25, -0.2) is 0 Å². The van der Waals surface area contributed by atoms with Crippen molar-refractivity contribution in [2.75, 3.05) is 13.2 Å². The van der Waals surface area contributed by atoms with Crippen LogP contribution in [0.3, 0.4) is 0 Å². The summed E-state index contributed by atoms with van der Waals surface area (Å²) in [4.78, 5) is 0. The molecule has 1 N–H and O–H groups in total. The highest BCUT2D eigenvalue weighted by Gasteiger charge is 2.34. The molecule has 0 bridgehead atoms. The predicted molar refractivity (Wildman–Crippen MR) is 60.5 cm³/mol. The highest BCUT2D eigenvalue weighted by Crippen LogP contribution is 2.36. The van der Waals surface area contributed by atoms with Gasteiger partial charge in [-0.1, -0.05) is 19.8 Å². The third kappa shape index (κ3) is 3.58. The first kappa shape index (κ1) is 12.0. The molecule has 2 nitrogen and oxygen atoms in total. The molecule has 2 heteroatoms. The van der Waals surface area contributed by atoms with Crippen LogP contribution in [0.25, 0.3) is 0 Å². The lowest BCUT2D eigenvalue weighted by molar-refractivity contribution is -0.0409. The summed E-state index contributed by atoms with van der Waals surface area (Å²) < 4.78 is 5.81. The molecule has 1 aliphatic carbocycles. The average molecular weight is 199 g/mol. The number of ether oxygens (including phenoxy) is 1. The number of likely N-dealkylation sites (N-methyl/N-ethyl adjacent to an activating group) is 1. The van der Waals surface area contributed by atoms with Crippen LogP contribution in [0, 0.1) is 5.92 Å². The predicted octanol–water partition coefficient (Wildman–Crippen LogP) is 2.58. The van der Waals surface area contributed by atoms with Crippen LogP contribution >= 0.6 is 0 Å². The third-order valence-electron chi connectivity index (χ3n) is 3.07. The molecule has 0 aromatic carbocycles. The van der Waals surface area contributed by atoms with E-state index in [2.05, 4.69) is 33.0 Å². The van der Waals surface area contributed by atoms with E-state index < -0.39 is 0 Å². The van der Waals surface area contributed by atoms with Gasteiger partial charge in [-0.05, 0) is 39.7 Å². The van der Waals surface area contributed by atoms with E-state index in [1.54, 1.807) is 0 Å². The van der Waals surface area contributed by atoms with Crippen molar-refractivity contribution < 1.29 is 4.74 Å². The molecule has 0 amide bonds. The zero-order valence-electron chi connectivity index (χ0n) is 10.1. The summed E-state index contributed by atoms with van der Waals surface area (Å²) in [6.07, 6.45) is 4.12. The van der Waals surface area contributed by atoms with Gasteiger partial charge in [0.05, 0.1) is 5.60 Å². The van der Waals surface area contributed by atoms with E-state index in [0.717, 1.165) is 19.1 Å². The molecule has 84 valence electrons. The molecule has 1 saturated carbocycles. The second-order valence-corrected chi connectivity index (χ2v) is 4.83. The van der Waals surface area contributed by atoms with Gasteiger partial charge in [0.25, 0.3) is 0 Å². The van der Waals surface area contributed by atoms with E-state index in [1.165, 1.54) is 19.3 Å². The topological polar surface area (TPSA) is 21.3 Å². The Kier molecular flexibility index (Phi) is 4.39. The van der Waals surface area contributed by atoms with Crippen molar-refractivity contribution in [2.45, 2.75) is 58.6 Å². The van der Waals surface area contributed by atoms with Crippen molar-refractivity contribution in [1.82, 2.24) is 5.32 Å². The van der Waals surface area contributed by atoms with E-state index in [9.17, 15) is 0 Å².